The quantitative estimate of drug-likeness (QED) is 0.779. The molecular formula is C13H8Cl3NO4S. The lowest BCUT2D eigenvalue weighted by atomic mass is 10.3. The number of carbonyl (C=O) groups excluding carboxylic acids is 1. The standard InChI is InChI=1S/C13H8Cl3NO4S/c1-5-11(13(19)20)22-12(17-5)9(18)4-21-10-7(15)2-6(14)3-8(10)16/h2-3H,4H2,1H3,(H,19,20). The lowest BCUT2D eigenvalue weighted by molar-refractivity contribution is 0.0701. The molecule has 2 rings (SSSR count). The lowest BCUT2D eigenvalue weighted by Crippen LogP contribution is -2.11. The van der Waals surface area contributed by atoms with Crippen molar-refractivity contribution in [3.8, 4) is 5.75 Å². The van der Waals surface area contributed by atoms with Gasteiger partial charge in [0, 0.05) is 5.02 Å². The van der Waals surface area contributed by atoms with Gasteiger partial charge in [0.05, 0.1) is 15.7 Å². The van der Waals surface area contributed by atoms with Crippen LogP contribution in [0.1, 0.15) is 25.2 Å². The van der Waals surface area contributed by atoms with Crippen molar-refractivity contribution in [2.75, 3.05) is 6.61 Å². The third-order valence-electron chi connectivity index (χ3n) is 2.54. The molecule has 1 heterocycles. The Kier molecular flexibility index (Phi) is 5.28. The number of aromatic nitrogens is 1. The maximum Gasteiger partial charge on any atom is 0.347 e. The summed E-state index contributed by atoms with van der Waals surface area (Å²) in [6.45, 7) is 1.15. The molecule has 0 saturated heterocycles. The van der Waals surface area contributed by atoms with Crippen molar-refractivity contribution in [2.45, 2.75) is 6.92 Å². The van der Waals surface area contributed by atoms with E-state index in [0.29, 0.717) is 5.02 Å². The number of ketones is 1. The predicted octanol–water partition coefficient (Wildman–Crippen LogP) is 4.37. The molecule has 0 radical (unpaired) electrons. The Morgan fingerprint density at radius 2 is 1.86 bits per heavy atom. The second-order valence-electron chi connectivity index (χ2n) is 4.15. The van der Waals surface area contributed by atoms with Crippen LogP contribution in [0, 0.1) is 6.92 Å². The summed E-state index contributed by atoms with van der Waals surface area (Å²) in [4.78, 5) is 26.9. The maximum absolute atomic E-state index is 12.0. The van der Waals surface area contributed by atoms with Gasteiger partial charge in [-0.3, -0.25) is 4.79 Å². The number of benzene rings is 1. The van der Waals surface area contributed by atoms with E-state index in [1.165, 1.54) is 19.1 Å². The summed E-state index contributed by atoms with van der Waals surface area (Å²) in [5.74, 6) is -1.46. The average molecular weight is 381 g/mol. The van der Waals surface area contributed by atoms with Crippen LogP contribution in [0.15, 0.2) is 12.1 Å². The number of Topliss-reactive ketones (excluding diaryl/α,β-unsaturated/α-hetero) is 1. The smallest absolute Gasteiger partial charge is 0.347 e. The number of rotatable bonds is 5. The summed E-state index contributed by atoms with van der Waals surface area (Å²) < 4.78 is 5.30. The van der Waals surface area contributed by atoms with Crippen molar-refractivity contribution in [1.29, 1.82) is 0 Å². The Hall–Kier alpha value is -1.34. The second-order valence-corrected chi connectivity index (χ2v) is 6.40. The molecule has 0 aliphatic heterocycles. The van der Waals surface area contributed by atoms with Gasteiger partial charge in [-0.2, -0.15) is 0 Å². The van der Waals surface area contributed by atoms with Crippen LogP contribution in [0.25, 0.3) is 0 Å². The number of carboxylic acids is 1. The predicted molar refractivity (Wildman–Crippen MR) is 85.1 cm³/mol. The summed E-state index contributed by atoms with van der Waals surface area (Å²) in [5.41, 5.74) is 0.281. The Labute approximate surface area is 144 Å². The van der Waals surface area contributed by atoms with E-state index in [9.17, 15) is 9.59 Å². The fraction of sp³-hybridized carbons (Fsp3) is 0.154. The first-order chi connectivity index (χ1) is 10.3. The van der Waals surface area contributed by atoms with E-state index in [-0.39, 0.29) is 38.0 Å². The van der Waals surface area contributed by atoms with E-state index in [1.807, 2.05) is 0 Å². The number of halogens is 3. The third kappa shape index (κ3) is 3.70. The minimum Gasteiger partial charge on any atom is -0.482 e. The Bertz CT molecular complexity index is 737. The second kappa shape index (κ2) is 6.83. The van der Waals surface area contributed by atoms with E-state index >= 15 is 0 Å². The van der Waals surface area contributed by atoms with Gasteiger partial charge in [0.2, 0.25) is 5.78 Å². The van der Waals surface area contributed by atoms with Gasteiger partial charge in [0.1, 0.15) is 4.88 Å². The molecule has 0 saturated carbocycles. The molecule has 9 heteroatoms. The van der Waals surface area contributed by atoms with Crippen LogP contribution < -0.4 is 4.74 Å². The molecule has 0 bridgehead atoms. The van der Waals surface area contributed by atoms with E-state index in [2.05, 4.69) is 4.98 Å². The first-order valence-electron chi connectivity index (χ1n) is 5.81. The third-order valence-corrected chi connectivity index (χ3v) is 4.51. The van der Waals surface area contributed by atoms with E-state index in [4.69, 9.17) is 44.6 Å². The molecule has 1 aromatic carbocycles. The van der Waals surface area contributed by atoms with Gasteiger partial charge in [0.25, 0.3) is 0 Å². The van der Waals surface area contributed by atoms with E-state index in [1.54, 1.807) is 0 Å². The van der Waals surface area contributed by atoms with Gasteiger partial charge in [0.15, 0.2) is 17.4 Å². The van der Waals surface area contributed by atoms with E-state index in [0.717, 1.165) is 11.3 Å². The van der Waals surface area contributed by atoms with Crippen molar-refractivity contribution in [3.05, 3.63) is 42.8 Å². The number of hydrogen-bond acceptors (Lipinski definition) is 5. The minimum absolute atomic E-state index is 0.0194. The molecule has 0 aliphatic carbocycles. The number of carboxylic acid groups (broad SMARTS) is 1. The first kappa shape index (κ1) is 17.0. The topological polar surface area (TPSA) is 76.5 Å². The molecular weight excluding hydrogens is 373 g/mol. The van der Waals surface area contributed by atoms with Crippen molar-refractivity contribution in [1.82, 2.24) is 4.98 Å². The van der Waals surface area contributed by atoms with Crippen LogP contribution in [-0.2, 0) is 0 Å². The molecule has 0 unspecified atom stereocenters. The highest BCUT2D eigenvalue weighted by Gasteiger charge is 2.20. The molecule has 1 N–H and O–H groups in total. The fourth-order valence-corrected chi connectivity index (χ4v) is 3.34. The van der Waals surface area contributed by atoms with Crippen LogP contribution >= 0.6 is 46.1 Å². The number of carbonyl (C=O) groups is 2. The largest absolute Gasteiger partial charge is 0.482 e. The number of ether oxygens (including phenoxy) is 1. The van der Waals surface area contributed by atoms with Crippen molar-refractivity contribution >= 4 is 57.9 Å². The summed E-state index contributed by atoms with van der Waals surface area (Å²) >= 11 is 18.4. The number of aryl methyl sites for hydroxylation is 1. The van der Waals surface area contributed by atoms with Gasteiger partial charge in [-0.1, -0.05) is 34.8 Å². The zero-order valence-corrected chi connectivity index (χ0v) is 14.1. The number of aromatic carboxylic acids is 1. The van der Waals surface area contributed by atoms with Crippen LogP contribution in [0.3, 0.4) is 0 Å². The molecule has 1 aromatic heterocycles. The highest BCUT2D eigenvalue weighted by Crippen LogP contribution is 2.35. The summed E-state index contributed by atoms with van der Waals surface area (Å²) in [5, 5.41) is 9.69. The SMILES string of the molecule is Cc1nc(C(=O)COc2c(Cl)cc(Cl)cc2Cl)sc1C(=O)O. The molecule has 22 heavy (non-hydrogen) atoms. The first-order valence-corrected chi connectivity index (χ1v) is 7.76. The van der Waals surface area contributed by atoms with Crippen LogP contribution in [0.5, 0.6) is 5.75 Å². The van der Waals surface area contributed by atoms with Crippen LogP contribution in [0.2, 0.25) is 15.1 Å². The van der Waals surface area contributed by atoms with Gasteiger partial charge >= 0.3 is 5.97 Å². The zero-order chi connectivity index (χ0) is 16.4. The van der Waals surface area contributed by atoms with Crippen molar-refractivity contribution in [3.63, 3.8) is 0 Å². The Morgan fingerprint density at radius 3 is 2.36 bits per heavy atom. The summed E-state index contributed by atoms with van der Waals surface area (Å²) in [6.07, 6.45) is 0. The minimum atomic E-state index is -1.13. The monoisotopic (exact) mass is 379 g/mol. The summed E-state index contributed by atoms with van der Waals surface area (Å²) in [7, 11) is 0. The Balaban J connectivity index is 2.14. The van der Waals surface area contributed by atoms with Gasteiger partial charge in [-0.15, -0.1) is 11.3 Å². The van der Waals surface area contributed by atoms with Crippen molar-refractivity contribution < 1.29 is 19.4 Å². The van der Waals surface area contributed by atoms with Gasteiger partial charge in [-0.25, -0.2) is 9.78 Å². The molecule has 116 valence electrons. The molecule has 2 aromatic rings. The molecule has 0 aliphatic rings. The number of thiazole rings is 1. The molecule has 0 fully saturated rings. The highest BCUT2D eigenvalue weighted by molar-refractivity contribution is 7.15. The molecule has 0 amide bonds. The lowest BCUT2D eigenvalue weighted by Gasteiger charge is -2.08. The fourth-order valence-electron chi connectivity index (χ4n) is 1.58. The number of hydrogen-bond donors (Lipinski definition) is 1. The van der Waals surface area contributed by atoms with Crippen LogP contribution in [-0.4, -0.2) is 28.4 Å². The highest BCUT2D eigenvalue weighted by atomic mass is 35.5. The van der Waals surface area contributed by atoms with E-state index < -0.39 is 11.8 Å². The van der Waals surface area contributed by atoms with Gasteiger partial charge in [-0.05, 0) is 19.1 Å². The number of nitrogens with zero attached hydrogens (tertiary/aromatic N) is 1. The molecule has 5 nitrogen and oxygen atoms in total. The molecule has 0 spiro atoms. The Morgan fingerprint density at radius 1 is 1.27 bits per heavy atom. The van der Waals surface area contributed by atoms with Gasteiger partial charge < -0.3 is 9.84 Å². The normalized spacial score (nSPS) is 10.5. The summed E-state index contributed by atoms with van der Waals surface area (Å²) in [6, 6.07) is 2.87. The average Bonchev–Trinajstić information content (AvgIpc) is 2.79. The van der Waals surface area contributed by atoms with Crippen LogP contribution in [0.4, 0.5) is 0 Å². The zero-order valence-electron chi connectivity index (χ0n) is 11.0. The maximum atomic E-state index is 12.0. The van der Waals surface area contributed by atoms with Crippen molar-refractivity contribution in [2.24, 2.45) is 0 Å². The molecule has 0 atom stereocenters.